The molecule has 15 heavy (non-hydrogen) atoms. The van der Waals surface area contributed by atoms with Crippen LogP contribution >= 0.6 is 23.5 Å². The number of aldehydes is 1. The van der Waals surface area contributed by atoms with E-state index in [4.69, 9.17) is 0 Å². The molecule has 0 N–H and O–H groups in total. The fourth-order valence-electron chi connectivity index (χ4n) is 0.911. The second-order valence-corrected chi connectivity index (χ2v) is 4.54. The highest BCUT2D eigenvalue weighted by molar-refractivity contribution is 8.21. The minimum atomic E-state index is 0.763. The van der Waals surface area contributed by atoms with Gasteiger partial charge in [0, 0.05) is 4.24 Å². The molecule has 0 aromatic rings. The molecule has 0 bridgehead atoms. The van der Waals surface area contributed by atoms with Crippen LogP contribution in [0.5, 0.6) is 0 Å². The molecule has 0 aromatic heterocycles. The standard InChI is InChI=1S/C12H16OS2/c1-11(12(14-2)15-3)9-7-5-4-6-8-10-13/h4-10H,1-3H3/b5-4+,8-6+,9-7+. The van der Waals surface area contributed by atoms with Crippen LogP contribution in [0.25, 0.3) is 0 Å². The first-order chi connectivity index (χ1) is 7.26. The van der Waals surface area contributed by atoms with Crippen LogP contribution in [0, 0.1) is 0 Å². The van der Waals surface area contributed by atoms with Crippen molar-refractivity contribution in [3.8, 4) is 0 Å². The van der Waals surface area contributed by atoms with Crippen LogP contribution < -0.4 is 0 Å². The van der Waals surface area contributed by atoms with Crippen molar-refractivity contribution in [1.29, 1.82) is 0 Å². The van der Waals surface area contributed by atoms with Crippen LogP contribution in [0.4, 0.5) is 0 Å². The van der Waals surface area contributed by atoms with E-state index >= 15 is 0 Å². The number of carbonyl (C=O) groups excluding carboxylic acids is 1. The lowest BCUT2D eigenvalue weighted by molar-refractivity contribution is -0.104. The van der Waals surface area contributed by atoms with Gasteiger partial charge in [0.1, 0.15) is 6.29 Å². The Morgan fingerprint density at radius 1 is 0.933 bits per heavy atom. The summed E-state index contributed by atoms with van der Waals surface area (Å²) in [5, 5.41) is 0. The zero-order valence-electron chi connectivity index (χ0n) is 9.27. The first-order valence-electron chi connectivity index (χ1n) is 4.50. The van der Waals surface area contributed by atoms with Gasteiger partial charge in [-0.3, -0.25) is 4.79 Å². The molecule has 0 aliphatic rings. The van der Waals surface area contributed by atoms with Crippen LogP contribution in [0.2, 0.25) is 0 Å². The van der Waals surface area contributed by atoms with E-state index in [1.54, 1.807) is 29.6 Å². The number of carbonyl (C=O) groups is 1. The Labute approximate surface area is 100 Å². The maximum atomic E-state index is 9.96. The molecule has 3 heteroatoms. The second-order valence-electron chi connectivity index (χ2n) is 2.64. The highest BCUT2D eigenvalue weighted by Crippen LogP contribution is 2.27. The van der Waals surface area contributed by atoms with E-state index in [0.29, 0.717) is 0 Å². The van der Waals surface area contributed by atoms with Crippen LogP contribution in [0.3, 0.4) is 0 Å². The molecule has 0 fully saturated rings. The topological polar surface area (TPSA) is 17.1 Å². The molecule has 0 aliphatic carbocycles. The van der Waals surface area contributed by atoms with Crippen molar-refractivity contribution in [1.82, 2.24) is 0 Å². The molecule has 0 aliphatic heterocycles. The third-order valence-electron chi connectivity index (χ3n) is 1.56. The predicted molar refractivity (Wildman–Crippen MR) is 73.2 cm³/mol. The SMILES string of the molecule is CSC(SC)=C(C)/C=C/C=C/C=C/C=O. The molecule has 0 heterocycles. The van der Waals surface area contributed by atoms with E-state index in [1.165, 1.54) is 15.9 Å². The second kappa shape index (κ2) is 9.87. The van der Waals surface area contributed by atoms with Gasteiger partial charge < -0.3 is 0 Å². The quantitative estimate of drug-likeness (QED) is 0.399. The summed E-state index contributed by atoms with van der Waals surface area (Å²) in [6.07, 6.45) is 15.8. The summed E-state index contributed by atoms with van der Waals surface area (Å²) in [7, 11) is 0. The Kier molecular flexibility index (Phi) is 9.43. The fraction of sp³-hybridized carbons (Fsp3) is 0.250. The van der Waals surface area contributed by atoms with Crippen LogP contribution in [0.15, 0.2) is 46.3 Å². The number of hydrogen-bond donors (Lipinski definition) is 0. The third-order valence-corrected chi connectivity index (χ3v) is 3.95. The molecule has 0 spiro atoms. The number of allylic oxidation sites excluding steroid dienone is 7. The van der Waals surface area contributed by atoms with Crippen molar-refractivity contribution in [2.24, 2.45) is 0 Å². The van der Waals surface area contributed by atoms with E-state index in [-0.39, 0.29) is 0 Å². The van der Waals surface area contributed by atoms with E-state index in [2.05, 4.69) is 25.5 Å². The predicted octanol–water partition coefficient (Wildman–Crippen LogP) is 3.81. The average molecular weight is 240 g/mol. The lowest BCUT2D eigenvalue weighted by Crippen LogP contribution is -1.73. The Morgan fingerprint density at radius 3 is 2.00 bits per heavy atom. The van der Waals surface area contributed by atoms with Crippen molar-refractivity contribution < 1.29 is 4.79 Å². The van der Waals surface area contributed by atoms with Gasteiger partial charge in [-0.1, -0.05) is 30.4 Å². The van der Waals surface area contributed by atoms with Gasteiger partial charge in [0.15, 0.2) is 0 Å². The van der Waals surface area contributed by atoms with E-state index in [9.17, 15) is 4.79 Å². The molecule has 0 rings (SSSR count). The minimum Gasteiger partial charge on any atom is -0.299 e. The van der Waals surface area contributed by atoms with Gasteiger partial charge in [-0.15, -0.1) is 23.5 Å². The Morgan fingerprint density at radius 2 is 1.47 bits per heavy atom. The Balaban J connectivity index is 4.27. The van der Waals surface area contributed by atoms with Gasteiger partial charge in [-0.2, -0.15) is 0 Å². The van der Waals surface area contributed by atoms with Crippen molar-refractivity contribution in [3.05, 3.63) is 46.3 Å². The summed E-state index contributed by atoms with van der Waals surface area (Å²) in [6, 6.07) is 0. The summed E-state index contributed by atoms with van der Waals surface area (Å²) in [6.45, 7) is 2.09. The van der Waals surface area contributed by atoms with Gasteiger partial charge in [0.25, 0.3) is 0 Å². The van der Waals surface area contributed by atoms with Crippen molar-refractivity contribution in [2.45, 2.75) is 6.92 Å². The molecule has 0 radical (unpaired) electrons. The molecule has 82 valence electrons. The van der Waals surface area contributed by atoms with Gasteiger partial charge in [-0.05, 0) is 31.1 Å². The normalized spacial score (nSPS) is 11.7. The lowest BCUT2D eigenvalue weighted by Gasteiger charge is -2.01. The molecule has 0 amide bonds. The van der Waals surface area contributed by atoms with Crippen molar-refractivity contribution in [3.63, 3.8) is 0 Å². The van der Waals surface area contributed by atoms with E-state index < -0.39 is 0 Å². The Hall–Kier alpha value is -0.670. The summed E-state index contributed by atoms with van der Waals surface area (Å²) in [4.78, 5) is 9.96. The summed E-state index contributed by atoms with van der Waals surface area (Å²) < 4.78 is 1.32. The molecular weight excluding hydrogens is 224 g/mol. The molecule has 0 unspecified atom stereocenters. The summed E-state index contributed by atoms with van der Waals surface area (Å²) in [5.74, 6) is 0. The zero-order valence-corrected chi connectivity index (χ0v) is 10.9. The summed E-state index contributed by atoms with van der Waals surface area (Å²) >= 11 is 3.51. The molecule has 0 aromatic carbocycles. The Bertz CT molecular complexity index is 293. The van der Waals surface area contributed by atoms with E-state index in [0.717, 1.165) is 6.29 Å². The summed E-state index contributed by atoms with van der Waals surface area (Å²) in [5.41, 5.74) is 1.26. The largest absolute Gasteiger partial charge is 0.299 e. The lowest BCUT2D eigenvalue weighted by atomic mass is 10.3. The highest BCUT2D eigenvalue weighted by atomic mass is 32.2. The monoisotopic (exact) mass is 240 g/mol. The minimum absolute atomic E-state index is 0.763. The maximum absolute atomic E-state index is 9.96. The van der Waals surface area contributed by atoms with Gasteiger partial charge in [-0.25, -0.2) is 0 Å². The number of rotatable bonds is 6. The molecule has 1 nitrogen and oxygen atoms in total. The number of thioether (sulfide) groups is 2. The average Bonchev–Trinajstić information content (AvgIpc) is 2.25. The van der Waals surface area contributed by atoms with Crippen LogP contribution in [-0.4, -0.2) is 18.8 Å². The fourth-order valence-corrected chi connectivity index (χ4v) is 2.36. The van der Waals surface area contributed by atoms with Gasteiger partial charge >= 0.3 is 0 Å². The highest BCUT2D eigenvalue weighted by Gasteiger charge is 1.94. The molecule has 0 saturated heterocycles. The van der Waals surface area contributed by atoms with Crippen LogP contribution in [0.1, 0.15) is 6.92 Å². The smallest absolute Gasteiger partial charge is 0.142 e. The first kappa shape index (κ1) is 14.3. The maximum Gasteiger partial charge on any atom is 0.142 e. The van der Waals surface area contributed by atoms with Gasteiger partial charge in [0.2, 0.25) is 0 Å². The first-order valence-corrected chi connectivity index (χ1v) is 6.95. The zero-order chi connectivity index (χ0) is 11.5. The molecule has 0 atom stereocenters. The number of hydrogen-bond acceptors (Lipinski definition) is 3. The van der Waals surface area contributed by atoms with E-state index in [1.807, 2.05) is 18.2 Å². The molecule has 0 saturated carbocycles. The molecular formula is C12H16OS2. The van der Waals surface area contributed by atoms with Gasteiger partial charge in [0.05, 0.1) is 0 Å². The van der Waals surface area contributed by atoms with Crippen molar-refractivity contribution >= 4 is 29.8 Å². The van der Waals surface area contributed by atoms with Crippen LogP contribution in [-0.2, 0) is 4.79 Å². The van der Waals surface area contributed by atoms with Crippen molar-refractivity contribution in [2.75, 3.05) is 12.5 Å². The third kappa shape index (κ3) is 7.28.